The van der Waals surface area contributed by atoms with Crippen LogP contribution in [-0.4, -0.2) is 4.98 Å². The zero-order valence-electron chi connectivity index (χ0n) is 11.6. The predicted molar refractivity (Wildman–Crippen MR) is 80.0 cm³/mol. The van der Waals surface area contributed by atoms with Crippen molar-refractivity contribution >= 4 is 5.82 Å². The molecular formula is C17H17N3. The van der Waals surface area contributed by atoms with Gasteiger partial charge in [-0.3, -0.25) is 0 Å². The standard InChI is InChI=1S/C17H17N3/c1-11-7-8-15-13(9-11)16(12-5-3-2-4-6-12)14(10-18)17(19)20-15/h2-6,11H,7-9H2,1H3,(H2,19,20)/t11-/m0/s1. The van der Waals surface area contributed by atoms with E-state index in [2.05, 4.69) is 18.0 Å². The van der Waals surface area contributed by atoms with Crippen molar-refractivity contribution in [2.75, 3.05) is 5.73 Å². The van der Waals surface area contributed by atoms with Crippen LogP contribution in [0.5, 0.6) is 0 Å². The van der Waals surface area contributed by atoms with Crippen LogP contribution in [0.3, 0.4) is 0 Å². The first-order valence-corrected chi connectivity index (χ1v) is 6.97. The van der Waals surface area contributed by atoms with Gasteiger partial charge >= 0.3 is 0 Å². The van der Waals surface area contributed by atoms with E-state index >= 15 is 0 Å². The van der Waals surface area contributed by atoms with Crippen LogP contribution in [-0.2, 0) is 12.8 Å². The van der Waals surface area contributed by atoms with E-state index in [1.165, 1.54) is 5.56 Å². The number of rotatable bonds is 1. The third-order valence-corrected chi connectivity index (χ3v) is 4.01. The summed E-state index contributed by atoms with van der Waals surface area (Å²) in [7, 11) is 0. The third kappa shape index (κ3) is 2.04. The van der Waals surface area contributed by atoms with E-state index in [0.29, 0.717) is 17.3 Å². The molecule has 0 bridgehead atoms. The number of hydrogen-bond acceptors (Lipinski definition) is 3. The highest BCUT2D eigenvalue weighted by Gasteiger charge is 2.24. The van der Waals surface area contributed by atoms with Gasteiger partial charge < -0.3 is 5.73 Å². The van der Waals surface area contributed by atoms with Gasteiger partial charge in [-0.05, 0) is 36.3 Å². The molecule has 20 heavy (non-hydrogen) atoms. The Morgan fingerprint density at radius 1 is 1.30 bits per heavy atom. The number of aromatic nitrogens is 1. The molecule has 1 aliphatic rings. The minimum Gasteiger partial charge on any atom is -0.383 e. The Hall–Kier alpha value is -2.34. The Morgan fingerprint density at radius 2 is 2.05 bits per heavy atom. The number of hydrogen-bond donors (Lipinski definition) is 1. The van der Waals surface area contributed by atoms with Gasteiger partial charge in [0.1, 0.15) is 17.5 Å². The Morgan fingerprint density at radius 3 is 2.75 bits per heavy atom. The minimum absolute atomic E-state index is 0.361. The molecule has 2 N–H and O–H groups in total. The number of pyridine rings is 1. The molecule has 0 saturated heterocycles. The number of aryl methyl sites for hydroxylation is 1. The van der Waals surface area contributed by atoms with Gasteiger partial charge in [0, 0.05) is 11.3 Å². The summed E-state index contributed by atoms with van der Waals surface area (Å²) in [5, 5.41) is 9.46. The maximum atomic E-state index is 9.46. The normalized spacial score (nSPS) is 17.3. The maximum Gasteiger partial charge on any atom is 0.142 e. The van der Waals surface area contributed by atoms with E-state index in [1.807, 2.05) is 30.3 Å². The summed E-state index contributed by atoms with van der Waals surface area (Å²) in [6, 6.07) is 12.3. The zero-order chi connectivity index (χ0) is 14.1. The van der Waals surface area contributed by atoms with E-state index in [4.69, 9.17) is 5.73 Å². The Balaban J connectivity index is 2.30. The summed E-state index contributed by atoms with van der Waals surface area (Å²) in [6.07, 6.45) is 3.06. The van der Waals surface area contributed by atoms with Gasteiger partial charge in [-0.1, -0.05) is 37.3 Å². The lowest BCUT2D eigenvalue weighted by atomic mass is 9.82. The first kappa shape index (κ1) is 12.7. The number of benzene rings is 1. The van der Waals surface area contributed by atoms with E-state index in [0.717, 1.165) is 36.1 Å². The highest BCUT2D eigenvalue weighted by atomic mass is 14.9. The molecule has 0 unspecified atom stereocenters. The summed E-state index contributed by atoms with van der Waals surface area (Å²) in [5.41, 5.74) is 10.8. The quantitative estimate of drug-likeness (QED) is 0.858. The second kappa shape index (κ2) is 4.97. The number of nitrogens with two attached hydrogens (primary N) is 1. The number of anilines is 1. The van der Waals surface area contributed by atoms with Crippen molar-refractivity contribution in [2.24, 2.45) is 5.92 Å². The lowest BCUT2D eigenvalue weighted by molar-refractivity contribution is 0.495. The van der Waals surface area contributed by atoms with Crippen LogP contribution in [0.2, 0.25) is 0 Å². The van der Waals surface area contributed by atoms with Crippen LogP contribution in [0.4, 0.5) is 5.82 Å². The molecule has 3 nitrogen and oxygen atoms in total. The number of nitriles is 1. The maximum absolute atomic E-state index is 9.46. The van der Waals surface area contributed by atoms with Crippen LogP contribution in [0.1, 0.15) is 30.2 Å². The van der Waals surface area contributed by atoms with Crippen LogP contribution < -0.4 is 5.73 Å². The third-order valence-electron chi connectivity index (χ3n) is 4.01. The molecule has 0 spiro atoms. The van der Waals surface area contributed by atoms with E-state index in [1.54, 1.807) is 0 Å². The molecule has 0 aliphatic heterocycles. The van der Waals surface area contributed by atoms with Gasteiger partial charge in [0.15, 0.2) is 0 Å². The minimum atomic E-state index is 0.361. The van der Waals surface area contributed by atoms with Gasteiger partial charge in [0.25, 0.3) is 0 Å². The SMILES string of the molecule is C[C@H]1CCc2nc(N)c(C#N)c(-c3ccccc3)c2C1. The summed E-state index contributed by atoms with van der Waals surface area (Å²) >= 11 is 0. The van der Waals surface area contributed by atoms with Gasteiger partial charge in [-0.15, -0.1) is 0 Å². The fourth-order valence-corrected chi connectivity index (χ4v) is 2.99. The van der Waals surface area contributed by atoms with Crippen LogP contribution >= 0.6 is 0 Å². The van der Waals surface area contributed by atoms with Crippen molar-refractivity contribution in [3.05, 3.63) is 47.2 Å². The van der Waals surface area contributed by atoms with Gasteiger partial charge in [-0.25, -0.2) is 4.98 Å². The van der Waals surface area contributed by atoms with Crippen LogP contribution in [0.25, 0.3) is 11.1 Å². The molecule has 1 atom stereocenters. The zero-order valence-corrected chi connectivity index (χ0v) is 11.6. The fraction of sp³-hybridized carbons (Fsp3) is 0.294. The molecule has 3 heteroatoms. The van der Waals surface area contributed by atoms with E-state index < -0.39 is 0 Å². The first-order valence-electron chi connectivity index (χ1n) is 6.97. The largest absolute Gasteiger partial charge is 0.383 e. The van der Waals surface area contributed by atoms with E-state index in [-0.39, 0.29) is 0 Å². The molecule has 0 saturated carbocycles. The molecular weight excluding hydrogens is 246 g/mol. The predicted octanol–water partition coefficient (Wildman–Crippen LogP) is 3.33. The topological polar surface area (TPSA) is 62.7 Å². The lowest BCUT2D eigenvalue weighted by Gasteiger charge is -2.24. The molecule has 1 aromatic carbocycles. The average Bonchev–Trinajstić information content (AvgIpc) is 2.47. The summed E-state index contributed by atoms with van der Waals surface area (Å²) < 4.78 is 0. The average molecular weight is 263 g/mol. The van der Waals surface area contributed by atoms with E-state index in [9.17, 15) is 5.26 Å². The Labute approximate surface area is 119 Å². The fourth-order valence-electron chi connectivity index (χ4n) is 2.99. The molecule has 2 aromatic rings. The van der Waals surface area contributed by atoms with Crippen molar-refractivity contribution < 1.29 is 0 Å². The molecule has 0 amide bonds. The second-order valence-electron chi connectivity index (χ2n) is 5.50. The van der Waals surface area contributed by atoms with Crippen molar-refractivity contribution in [3.63, 3.8) is 0 Å². The molecule has 1 aliphatic carbocycles. The number of nitrogen functional groups attached to an aromatic ring is 1. The smallest absolute Gasteiger partial charge is 0.142 e. The summed E-state index contributed by atoms with van der Waals surface area (Å²) in [4.78, 5) is 4.46. The van der Waals surface area contributed by atoms with Gasteiger partial charge in [0.05, 0.1) is 0 Å². The van der Waals surface area contributed by atoms with Gasteiger partial charge in [0.2, 0.25) is 0 Å². The molecule has 0 radical (unpaired) electrons. The first-order chi connectivity index (χ1) is 9.70. The Kier molecular flexibility index (Phi) is 3.15. The number of fused-ring (bicyclic) bond motifs is 1. The second-order valence-corrected chi connectivity index (χ2v) is 5.50. The van der Waals surface area contributed by atoms with Crippen LogP contribution in [0, 0.1) is 17.2 Å². The molecule has 3 rings (SSSR count). The van der Waals surface area contributed by atoms with Crippen molar-refractivity contribution in [3.8, 4) is 17.2 Å². The van der Waals surface area contributed by atoms with Crippen molar-refractivity contribution in [1.82, 2.24) is 4.98 Å². The monoisotopic (exact) mass is 263 g/mol. The lowest BCUT2D eigenvalue weighted by Crippen LogP contribution is -2.16. The molecule has 0 fully saturated rings. The summed E-state index contributed by atoms with van der Waals surface area (Å²) in [6.45, 7) is 2.25. The number of nitrogens with zero attached hydrogens (tertiary/aromatic N) is 2. The van der Waals surface area contributed by atoms with Crippen molar-refractivity contribution in [2.45, 2.75) is 26.2 Å². The molecule has 1 heterocycles. The van der Waals surface area contributed by atoms with Crippen molar-refractivity contribution in [1.29, 1.82) is 5.26 Å². The highest BCUT2D eigenvalue weighted by molar-refractivity contribution is 5.79. The van der Waals surface area contributed by atoms with Gasteiger partial charge in [-0.2, -0.15) is 5.26 Å². The molecule has 100 valence electrons. The molecule has 1 aromatic heterocycles. The Bertz CT molecular complexity index is 684. The summed E-state index contributed by atoms with van der Waals surface area (Å²) in [5.74, 6) is 0.988. The highest BCUT2D eigenvalue weighted by Crippen LogP contribution is 2.36. The van der Waals surface area contributed by atoms with Crippen LogP contribution in [0.15, 0.2) is 30.3 Å².